The van der Waals surface area contributed by atoms with Gasteiger partial charge in [0.25, 0.3) is 0 Å². The maximum Gasteiger partial charge on any atom is 0.153 e. The first-order valence-corrected chi connectivity index (χ1v) is 8.53. The van der Waals surface area contributed by atoms with Crippen molar-refractivity contribution in [2.75, 3.05) is 0 Å². The highest BCUT2D eigenvalue weighted by atomic mass is 16.3. The molecular formula is C19H17N7O. The van der Waals surface area contributed by atoms with E-state index < -0.39 is 6.10 Å². The van der Waals surface area contributed by atoms with Crippen molar-refractivity contribution in [3.63, 3.8) is 0 Å². The third-order valence-corrected chi connectivity index (χ3v) is 4.76. The molecule has 0 aliphatic carbocycles. The molecule has 134 valence electrons. The van der Waals surface area contributed by atoms with Crippen molar-refractivity contribution < 1.29 is 5.11 Å². The van der Waals surface area contributed by atoms with Crippen LogP contribution in [0.4, 0.5) is 0 Å². The van der Waals surface area contributed by atoms with Gasteiger partial charge in [-0.3, -0.25) is 9.36 Å². The number of aryl methyl sites for hydroxylation is 2. The fraction of sp³-hybridized carbons (Fsp3) is 0.158. The van der Waals surface area contributed by atoms with Crippen LogP contribution in [-0.4, -0.2) is 39.3 Å². The molecule has 1 aromatic carbocycles. The Bertz CT molecular complexity index is 1280. The minimum Gasteiger partial charge on any atom is -0.382 e. The largest absolute Gasteiger partial charge is 0.382 e. The van der Waals surface area contributed by atoms with Gasteiger partial charge >= 0.3 is 0 Å². The van der Waals surface area contributed by atoms with Gasteiger partial charge in [0.15, 0.2) is 5.65 Å². The molecule has 4 aromatic heterocycles. The monoisotopic (exact) mass is 359 g/mol. The zero-order chi connectivity index (χ0) is 18.5. The minimum absolute atomic E-state index is 0.610. The highest BCUT2D eigenvalue weighted by Crippen LogP contribution is 2.26. The molecule has 1 atom stereocenters. The maximum atomic E-state index is 11.0. The highest BCUT2D eigenvalue weighted by Gasteiger charge is 2.18. The molecule has 5 aromatic rings. The molecule has 8 nitrogen and oxygen atoms in total. The quantitative estimate of drug-likeness (QED) is 0.533. The molecule has 0 radical (unpaired) electrons. The first kappa shape index (κ1) is 15.7. The van der Waals surface area contributed by atoms with E-state index >= 15 is 0 Å². The Morgan fingerprint density at radius 2 is 1.89 bits per heavy atom. The summed E-state index contributed by atoms with van der Waals surface area (Å²) in [6.07, 6.45) is 6.27. The van der Waals surface area contributed by atoms with Gasteiger partial charge in [-0.1, -0.05) is 6.07 Å². The average molecular weight is 359 g/mol. The van der Waals surface area contributed by atoms with Gasteiger partial charge in [0.2, 0.25) is 0 Å². The Balaban J connectivity index is 1.60. The van der Waals surface area contributed by atoms with Crippen LogP contribution in [0.5, 0.6) is 0 Å². The van der Waals surface area contributed by atoms with Crippen molar-refractivity contribution in [2.45, 2.75) is 6.10 Å². The molecule has 0 saturated carbocycles. The van der Waals surface area contributed by atoms with Crippen LogP contribution in [0, 0.1) is 0 Å². The first-order chi connectivity index (χ1) is 13.1. The van der Waals surface area contributed by atoms with Crippen LogP contribution in [0.1, 0.15) is 17.4 Å². The molecule has 0 fully saturated rings. The third kappa shape index (κ3) is 2.49. The van der Waals surface area contributed by atoms with Crippen molar-refractivity contribution in [3.8, 4) is 11.3 Å². The van der Waals surface area contributed by atoms with Crippen LogP contribution in [0.25, 0.3) is 27.8 Å². The van der Waals surface area contributed by atoms with Crippen molar-refractivity contribution in [3.05, 3.63) is 66.4 Å². The smallest absolute Gasteiger partial charge is 0.153 e. The maximum absolute atomic E-state index is 11.0. The number of rotatable bonds is 3. The number of aliphatic hydroxyl groups is 1. The average Bonchev–Trinajstić information content (AvgIpc) is 3.39. The molecule has 0 spiro atoms. The summed E-state index contributed by atoms with van der Waals surface area (Å²) < 4.78 is 5.22. The summed E-state index contributed by atoms with van der Waals surface area (Å²) in [5, 5.41) is 25.0. The summed E-state index contributed by atoms with van der Waals surface area (Å²) >= 11 is 0. The molecule has 0 aliphatic rings. The van der Waals surface area contributed by atoms with Gasteiger partial charge in [-0.25, -0.2) is 9.50 Å². The van der Waals surface area contributed by atoms with Crippen LogP contribution >= 0.6 is 0 Å². The lowest BCUT2D eigenvalue weighted by atomic mass is 10.1. The second-order valence-electron chi connectivity index (χ2n) is 6.56. The lowest BCUT2D eigenvalue weighted by Crippen LogP contribution is -2.06. The van der Waals surface area contributed by atoms with E-state index in [-0.39, 0.29) is 0 Å². The third-order valence-electron chi connectivity index (χ3n) is 4.76. The summed E-state index contributed by atoms with van der Waals surface area (Å²) in [5.41, 5.74) is 4.75. The van der Waals surface area contributed by atoms with Crippen LogP contribution in [0.3, 0.4) is 0 Å². The Labute approximate surface area is 154 Å². The van der Waals surface area contributed by atoms with E-state index in [1.54, 1.807) is 32.5 Å². The van der Waals surface area contributed by atoms with Crippen LogP contribution in [0.2, 0.25) is 0 Å². The normalized spacial score (nSPS) is 12.9. The SMILES string of the molecule is Cn1cc(-c2ccc3ncc(C(O)c4ccc5c(cnn5C)c4)n3n2)cn1. The van der Waals surface area contributed by atoms with Gasteiger partial charge in [0, 0.05) is 31.2 Å². The second-order valence-corrected chi connectivity index (χ2v) is 6.56. The van der Waals surface area contributed by atoms with E-state index in [4.69, 9.17) is 0 Å². The van der Waals surface area contributed by atoms with Gasteiger partial charge in [0.1, 0.15) is 6.10 Å². The zero-order valence-corrected chi connectivity index (χ0v) is 14.9. The van der Waals surface area contributed by atoms with Crippen molar-refractivity contribution in [1.82, 2.24) is 34.2 Å². The topological polar surface area (TPSA) is 86.1 Å². The van der Waals surface area contributed by atoms with Gasteiger partial charge < -0.3 is 5.11 Å². The van der Waals surface area contributed by atoms with Crippen molar-refractivity contribution >= 4 is 16.6 Å². The summed E-state index contributed by atoms with van der Waals surface area (Å²) in [4.78, 5) is 4.37. The van der Waals surface area contributed by atoms with E-state index in [9.17, 15) is 5.11 Å². The first-order valence-electron chi connectivity index (χ1n) is 8.53. The van der Waals surface area contributed by atoms with E-state index in [2.05, 4.69) is 20.3 Å². The molecule has 0 amide bonds. The molecular weight excluding hydrogens is 342 g/mol. The van der Waals surface area contributed by atoms with Crippen LogP contribution in [-0.2, 0) is 14.1 Å². The molecule has 8 heteroatoms. The molecule has 5 rings (SSSR count). The lowest BCUT2D eigenvalue weighted by Gasteiger charge is -2.11. The van der Waals surface area contributed by atoms with E-state index in [1.165, 1.54) is 0 Å². The molecule has 0 aliphatic heterocycles. The van der Waals surface area contributed by atoms with Crippen LogP contribution < -0.4 is 0 Å². The van der Waals surface area contributed by atoms with E-state index in [1.807, 2.05) is 50.6 Å². The lowest BCUT2D eigenvalue weighted by molar-refractivity contribution is 0.213. The number of aliphatic hydroxyl groups excluding tert-OH is 1. The Morgan fingerprint density at radius 1 is 1.00 bits per heavy atom. The van der Waals surface area contributed by atoms with Crippen molar-refractivity contribution in [1.29, 1.82) is 0 Å². The van der Waals surface area contributed by atoms with Crippen LogP contribution in [0.15, 0.2) is 55.1 Å². The van der Waals surface area contributed by atoms with Gasteiger partial charge in [-0.2, -0.15) is 15.3 Å². The van der Waals surface area contributed by atoms with Gasteiger partial charge in [-0.15, -0.1) is 0 Å². The Kier molecular flexibility index (Phi) is 3.34. The zero-order valence-electron chi connectivity index (χ0n) is 14.9. The number of aromatic nitrogens is 7. The highest BCUT2D eigenvalue weighted by molar-refractivity contribution is 5.79. The summed E-state index contributed by atoms with van der Waals surface area (Å²) in [6, 6.07) is 9.59. The molecule has 0 saturated heterocycles. The predicted octanol–water partition coefficient (Wildman–Crippen LogP) is 2.10. The molecule has 4 heterocycles. The molecule has 1 unspecified atom stereocenters. The Morgan fingerprint density at radius 3 is 2.70 bits per heavy atom. The number of benzene rings is 1. The molecule has 27 heavy (non-hydrogen) atoms. The summed E-state index contributed by atoms with van der Waals surface area (Å²) in [6.45, 7) is 0. The van der Waals surface area contributed by atoms with Gasteiger partial charge in [0.05, 0.1) is 35.5 Å². The number of nitrogens with zero attached hydrogens (tertiary/aromatic N) is 7. The number of hydrogen-bond donors (Lipinski definition) is 1. The number of fused-ring (bicyclic) bond motifs is 2. The number of imidazole rings is 1. The summed E-state index contributed by atoms with van der Waals surface area (Å²) in [7, 11) is 3.76. The minimum atomic E-state index is -0.846. The van der Waals surface area contributed by atoms with Crippen molar-refractivity contribution in [2.24, 2.45) is 14.1 Å². The predicted molar refractivity (Wildman–Crippen MR) is 100.0 cm³/mol. The molecule has 1 N–H and O–H groups in total. The standard InChI is InChI=1S/C19H17N7O/c1-24-11-14(9-21-24)15-4-6-18-20-10-17(26(18)23-15)19(27)12-3-5-16-13(7-12)8-22-25(16)2/h3-11,19,27H,1-2H3. The molecule has 0 bridgehead atoms. The van der Waals surface area contributed by atoms with Gasteiger partial charge in [-0.05, 0) is 29.8 Å². The number of hydrogen-bond acceptors (Lipinski definition) is 5. The fourth-order valence-corrected chi connectivity index (χ4v) is 3.31. The Hall–Kier alpha value is -3.52. The van der Waals surface area contributed by atoms with E-state index in [0.717, 1.165) is 27.7 Å². The fourth-order valence-electron chi connectivity index (χ4n) is 3.31. The summed E-state index contributed by atoms with van der Waals surface area (Å²) in [5.74, 6) is 0. The second kappa shape index (κ2) is 5.75. The van der Waals surface area contributed by atoms with E-state index in [0.29, 0.717) is 11.3 Å².